The number of nitrogens with zero attached hydrogens (tertiary/aromatic N) is 1. The zero-order valence-electron chi connectivity index (χ0n) is 20.0. The van der Waals surface area contributed by atoms with Crippen molar-refractivity contribution >= 4 is 29.4 Å². The van der Waals surface area contributed by atoms with Gasteiger partial charge in [-0.2, -0.15) is 0 Å². The maximum absolute atomic E-state index is 13.5. The molecule has 2 bridgehead atoms. The van der Waals surface area contributed by atoms with Gasteiger partial charge in [0.1, 0.15) is 0 Å². The summed E-state index contributed by atoms with van der Waals surface area (Å²) in [5, 5.41) is 14.8. The highest BCUT2D eigenvalue weighted by Gasteiger charge is 2.73. The van der Waals surface area contributed by atoms with Gasteiger partial charge in [-0.05, 0) is 80.0 Å². The molecule has 7 heteroatoms. The molecule has 4 atom stereocenters. The van der Waals surface area contributed by atoms with Gasteiger partial charge < -0.3 is 15.2 Å². The number of nitrogens with one attached hydrogen (secondary N) is 1. The third-order valence-corrected chi connectivity index (χ3v) is 9.51. The molecule has 2 unspecified atom stereocenters. The fraction of sp³-hybridized carbons (Fsp3) is 0.448. The average Bonchev–Trinajstić information content (AvgIpc) is 3.61. The Kier molecular flexibility index (Phi) is 4.87. The molecule has 2 aliphatic heterocycles. The fourth-order valence-electron chi connectivity index (χ4n) is 7.57. The van der Waals surface area contributed by atoms with E-state index in [0.29, 0.717) is 29.5 Å². The van der Waals surface area contributed by atoms with Crippen molar-refractivity contribution in [2.24, 2.45) is 5.92 Å². The van der Waals surface area contributed by atoms with Crippen molar-refractivity contribution in [3.63, 3.8) is 0 Å². The molecule has 6 nitrogen and oxygen atoms in total. The Balaban J connectivity index is 1.33. The van der Waals surface area contributed by atoms with Crippen LogP contribution in [0.25, 0.3) is 6.08 Å². The van der Waals surface area contributed by atoms with E-state index in [1.807, 2.05) is 18.2 Å². The summed E-state index contributed by atoms with van der Waals surface area (Å²) in [7, 11) is 0. The van der Waals surface area contributed by atoms with Crippen LogP contribution in [0.4, 0.5) is 0 Å². The molecule has 0 aromatic heterocycles. The molecule has 3 fully saturated rings. The number of halogens is 1. The van der Waals surface area contributed by atoms with Gasteiger partial charge >= 0.3 is 0 Å². The van der Waals surface area contributed by atoms with Crippen molar-refractivity contribution in [2.45, 2.75) is 61.6 Å². The summed E-state index contributed by atoms with van der Waals surface area (Å²) in [4.78, 5) is 29.4. The summed E-state index contributed by atoms with van der Waals surface area (Å²) in [6.07, 6.45) is 7.63. The first kappa shape index (κ1) is 22.4. The number of phenols is 1. The van der Waals surface area contributed by atoms with Crippen LogP contribution in [0.15, 0.2) is 42.5 Å². The molecule has 1 saturated heterocycles. The molecule has 2 heterocycles. The van der Waals surface area contributed by atoms with Crippen LogP contribution in [0.3, 0.4) is 0 Å². The Morgan fingerprint density at radius 2 is 2.00 bits per heavy atom. The van der Waals surface area contributed by atoms with Crippen LogP contribution in [0, 0.1) is 5.92 Å². The SMILES string of the molecule is O=C(/C=C/c1ccc(Cl)cc1)N[C@@]12CCC(=O)[C@@H]3Oc4c(O)ccc5c4C31CCN(CC1CC1)C2C5. The van der Waals surface area contributed by atoms with Crippen molar-refractivity contribution in [2.75, 3.05) is 13.1 Å². The van der Waals surface area contributed by atoms with Crippen LogP contribution < -0.4 is 10.1 Å². The number of rotatable bonds is 5. The van der Waals surface area contributed by atoms with Crippen molar-refractivity contribution in [1.29, 1.82) is 0 Å². The summed E-state index contributed by atoms with van der Waals surface area (Å²) in [6.45, 7) is 1.89. The lowest BCUT2D eigenvalue weighted by Crippen LogP contribution is -2.81. The zero-order chi connectivity index (χ0) is 24.7. The Hall–Kier alpha value is -2.83. The van der Waals surface area contributed by atoms with Gasteiger partial charge in [0, 0.05) is 35.7 Å². The van der Waals surface area contributed by atoms with Gasteiger partial charge in [-0.15, -0.1) is 0 Å². The van der Waals surface area contributed by atoms with E-state index in [1.54, 1.807) is 30.4 Å². The van der Waals surface area contributed by atoms with E-state index in [4.69, 9.17) is 16.3 Å². The summed E-state index contributed by atoms with van der Waals surface area (Å²) < 4.78 is 6.30. The number of carbonyl (C=O) groups is 2. The Morgan fingerprint density at radius 1 is 1.19 bits per heavy atom. The number of benzene rings is 2. The summed E-state index contributed by atoms with van der Waals surface area (Å²) in [5.74, 6) is 1.13. The molecule has 2 N–H and O–H groups in total. The molecular formula is C29H29ClN2O4. The van der Waals surface area contributed by atoms with Crippen LogP contribution in [0.5, 0.6) is 11.5 Å². The van der Waals surface area contributed by atoms with E-state index in [-0.39, 0.29) is 23.5 Å². The highest BCUT2D eigenvalue weighted by Crippen LogP contribution is 2.65. The number of likely N-dealkylation sites (tertiary alicyclic amines) is 1. The largest absolute Gasteiger partial charge is 0.504 e. The predicted octanol–water partition coefficient (Wildman–Crippen LogP) is 4.02. The number of phenolic OH excluding ortho intramolecular Hbond substituents is 1. The Bertz CT molecular complexity index is 1300. The first-order valence-electron chi connectivity index (χ1n) is 13.0. The number of hydrogen-bond acceptors (Lipinski definition) is 5. The van der Waals surface area contributed by atoms with E-state index >= 15 is 0 Å². The second-order valence-corrected chi connectivity index (χ2v) is 11.6. The Morgan fingerprint density at radius 3 is 2.78 bits per heavy atom. The van der Waals surface area contributed by atoms with Gasteiger partial charge in [-0.3, -0.25) is 14.5 Å². The second-order valence-electron chi connectivity index (χ2n) is 11.1. The molecule has 36 heavy (non-hydrogen) atoms. The van der Waals surface area contributed by atoms with Crippen LogP contribution in [-0.4, -0.2) is 52.5 Å². The number of hydrogen-bond donors (Lipinski definition) is 2. The lowest BCUT2D eigenvalue weighted by atomic mass is 9.47. The van der Waals surface area contributed by atoms with Gasteiger partial charge in [-0.25, -0.2) is 0 Å². The van der Waals surface area contributed by atoms with E-state index < -0.39 is 17.1 Å². The van der Waals surface area contributed by atoms with E-state index in [2.05, 4.69) is 10.2 Å². The monoisotopic (exact) mass is 504 g/mol. The summed E-state index contributed by atoms with van der Waals surface area (Å²) >= 11 is 6.00. The third kappa shape index (κ3) is 3.07. The standard InChI is InChI=1S/C29H29ClN2O4/c30-20-7-3-17(4-8-20)5-10-24(35)31-29-12-11-22(34)27-28(29)13-14-32(16-18-1-2-18)23(29)15-19-6-9-21(33)26(36-27)25(19)28/h3-10,18,23,27,33H,1-2,11-16H2,(H,31,35)/b10-5+/t23?,27-,28?,29+/m0/s1. The number of ketones is 1. The number of amides is 1. The number of aromatic hydroxyl groups is 1. The quantitative estimate of drug-likeness (QED) is 0.601. The number of carbonyl (C=O) groups excluding carboxylic acids is 2. The fourth-order valence-corrected chi connectivity index (χ4v) is 7.70. The molecule has 3 aliphatic carbocycles. The maximum Gasteiger partial charge on any atom is 0.244 e. The Labute approximate surface area is 215 Å². The predicted molar refractivity (Wildman–Crippen MR) is 136 cm³/mol. The number of ether oxygens (including phenoxy) is 1. The minimum Gasteiger partial charge on any atom is -0.504 e. The first-order valence-corrected chi connectivity index (χ1v) is 13.3. The lowest BCUT2D eigenvalue weighted by molar-refractivity contribution is -0.148. The minimum atomic E-state index is -0.681. The molecule has 0 radical (unpaired) electrons. The van der Waals surface area contributed by atoms with Crippen molar-refractivity contribution < 1.29 is 19.4 Å². The zero-order valence-corrected chi connectivity index (χ0v) is 20.8. The lowest BCUT2D eigenvalue weighted by Gasteiger charge is -2.65. The molecule has 2 aromatic rings. The van der Waals surface area contributed by atoms with Crippen molar-refractivity contribution in [3.05, 3.63) is 64.2 Å². The number of piperidine rings is 1. The molecule has 2 saturated carbocycles. The average molecular weight is 505 g/mol. The maximum atomic E-state index is 13.5. The van der Waals surface area contributed by atoms with Gasteiger partial charge in [-0.1, -0.05) is 29.8 Å². The first-order chi connectivity index (χ1) is 17.4. The molecular weight excluding hydrogens is 476 g/mol. The van der Waals surface area contributed by atoms with Gasteiger partial charge in [0.05, 0.1) is 11.0 Å². The van der Waals surface area contributed by atoms with Crippen LogP contribution in [0.2, 0.25) is 5.02 Å². The molecule has 1 spiro atoms. The highest BCUT2D eigenvalue weighted by molar-refractivity contribution is 6.30. The van der Waals surface area contributed by atoms with Gasteiger partial charge in [0.2, 0.25) is 5.91 Å². The van der Waals surface area contributed by atoms with E-state index in [1.165, 1.54) is 12.8 Å². The van der Waals surface area contributed by atoms with Crippen LogP contribution in [0.1, 0.15) is 48.8 Å². The normalized spacial score (nSPS) is 32.3. The smallest absolute Gasteiger partial charge is 0.244 e. The third-order valence-electron chi connectivity index (χ3n) is 9.26. The van der Waals surface area contributed by atoms with Crippen LogP contribution >= 0.6 is 11.6 Å². The summed E-state index contributed by atoms with van der Waals surface area (Å²) in [5.41, 5.74) is 1.66. The number of Topliss-reactive ketones (excluding diaryl/α,β-unsaturated/α-hetero) is 1. The van der Waals surface area contributed by atoms with Gasteiger partial charge in [0.25, 0.3) is 0 Å². The second kappa shape index (κ2) is 7.83. The van der Waals surface area contributed by atoms with Crippen LogP contribution in [-0.2, 0) is 21.4 Å². The topological polar surface area (TPSA) is 78.9 Å². The van der Waals surface area contributed by atoms with Gasteiger partial charge in [0.15, 0.2) is 23.4 Å². The van der Waals surface area contributed by atoms with Crippen molar-refractivity contribution in [3.8, 4) is 11.5 Å². The van der Waals surface area contributed by atoms with Crippen molar-refractivity contribution in [1.82, 2.24) is 10.2 Å². The molecule has 5 aliphatic rings. The molecule has 2 aromatic carbocycles. The molecule has 1 amide bonds. The molecule has 186 valence electrons. The van der Waals surface area contributed by atoms with E-state index in [9.17, 15) is 14.7 Å². The summed E-state index contributed by atoms with van der Waals surface area (Å²) in [6, 6.07) is 11.1. The highest BCUT2D eigenvalue weighted by atomic mass is 35.5. The van der Waals surface area contributed by atoms with E-state index in [0.717, 1.165) is 42.6 Å². The minimum absolute atomic E-state index is 0.0643. The molecule has 7 rings (SSSR count).